The first-order chi connectivity index (χ1) is 16.1. The van der Waals surface area contributed by atoms with Gasteiger partial charge in [0.2, 0.25) is 11.8 Å². The van der Waals surface area contributed by atoms with Crippen molar-refractivity contribution in [2.75, 3.05) is 6.61 Å². The lowest BCUT2D eigenvalue weighted by molar-refractivity contribution is -0.120. The highest BCUT2D eigenvalue weighted by Gasteiger charge is 2.20. The van der Waals surface area contributed by atoms with E-state index in [1.54, 1.807) is 13.0 Å². The summed E-state index contributed by atoms with van der Waals surface area (Å²) in [6.07, 6.45) is 1.12. The third-order valence-electron chi connectivity index (χ3n) is 4.83. The van der Waals surface area contributed by atoms with Crippen molar-refractivity contribution in [3.8, 4) is 11.6 Å². The second-order valence-corrected chi connectivity index (χ2v) is 7.55. The standard InChI is InChI=1S/C22H19ClF2N4O5/c1-11-2-3-12(20(32)28-16(8-30)19(26)31)6-17(11)29-10-27-21(18(23)22(29)33)34-9-13-4-5-14(24)7-15(13)25/h2-7,10,16,30H,8-9H2,1H3,(H2,26,31)(H,28,32). The number of benzene rings is 2. The molecule has 0 aliphatic heterocycles. The van der Waals surface area contributed by atoms with Crippen molar-refractivity contribution in [2.24, 2.45) is 5.73 Å². The molecule has 34 heavy (non-hydrogen) atoms. The van der Waals surface area contributed by atoms with Crippen LogP contribution in [0.15, 0.2) is 47.5 Å². The van der Waals surface area contributed by atoms with Crippen molar-refractivity contribution in [3.05, 3.63) is 86.4 Å². The van der Waals surface area contributed by atoms with E-state index in [4.69, 9.17) is 22.1 Å². The van der Waals surface area contributed by atoms with Gasteiger partial charge in [0.05, 0.1) is 12.3 Å². The lowest BCUT2D eigenvalue weighted by atomic mass is 10.1. The maximum Gasteiger partial charge on any atom is 0.280 e. The van der Waals surface area contributed by atoms with Crippen LogP contribution in [0.2, 0.25) is 5.02 Å². The highest BCUT2D eigenvalue weighted by molar-refractivity contribution is 6.31. The number of aromatic nitrogens is 2. The molecule has 9 nitrogen and oxygen atoms in total. The molecule has 0 spiro atoms. The molecule has 0 radical (unpaired) electrons. The van der Waals surface area contributed by atoms with Gasteiger partial charge in [-0.15, -0.1) is 0 Å². The van der Waals surface area contributed by atoms with Crippen LogP contribution in [-0.2, 0) is 11.4 Å². The van der Waals surface area contributed by atoms with Crippen molar-refractivity contribution >= 4 is 23.4 Å². The maximum absolute atomic E-state index is 13.8. The SMILES string of the molecule is Cc1ccc(C(=O)NC(CO)C(N)=O)cc1-n1cnc(OCc2ccc(F)cc2F)c(Cl)c1=O. The van der Waals surface area contributed by atoms with Crippen LogP contribution in [0, 0.1) is 18.6 Å². The number of halogens is 3. The van der Waals surface area contributed by atoms with Crippen LogP contribution in [0.4, 0.5) is 8.78 Å². The molecule has 2 aromatic carbocycles. The van der Waals surface area contributed by atoms with E-state index < -0.39 is 46.7 Å². The van der Waals surface area contributed by atoms with E-state index in [0.717, 1.165) is 17.0 Å². The summed E-state index contributed by atoms with van der Waals surface area (Å²) in [5.41, 5.74) is 5.36. The van der Waals surface area contributed by atoms with Crippen LogP contribution in [0.1, 0.15) is 21.5 Å². The van der Waals surface area contributed by atoms with Gasteiger partial charge in [0.25, 0.3) is 11.5 Å². The van der Waals surface area contributed by atoms with Crippen LogP contribution in [0.25, 0.3) is 5.69 Å². The number of aliphatic hydroxyl groups excluding tert-OH is 1. The molecule has 0 fully saturated rings. The van der Waals surface area contributed by atoms with Gasteiger partial charge in [0, 0.05) is 17.2 Å². The van der Waals surface area contributed by atoms with Gasteiger partial charge in [0.1, 0.15) is 30.6 Å². The fraction of sp³-hybridized carbons (Fsp3) is 0.182. The number of nitrogens with two attached hydrogens (primary N) is 1. The fourth-order valence-corrected chi connectivity index (χ4v) is 3.13. The number of nitrogens with zero attached hydrogens (tertiary/aromatic N) is 2. The van der Waals surface area contributed by atoms with Crippen LogP contribution < -0.4 is 21.3 Å². The summed E-state index contributed by atoms with van der Waals surface area (Å²) in [6, 6.07) is 6.06. The van der Waals surface area contributed by atoms with Crippen molar-refractivity contribution in [2.45, 2.75) is 19.6 Å². The lowest BCUT2D eigenvalue weighted by Gasteiger charge is -2.15. The topological polar surface area (TPSA) is 137 Å². The first-order valence-electron chi connectivity index (χ1n) is 9.78. The second kappa shape index (κ2) is 10.4. The number of aliphatic hydroxyl groups is 1. The molecule has 2 amide bonds. The van der Waals surface area contributed by atoms with Gasteiger partial charge in [-0.3, -0.25) is 19.0 Å². The van der Waals surface area contributed by atoms with Crippen molar-refractivity contribution in [1.82, 2.24) is 14.9 Å². The number of ether oxygens (including phenoxy) is 1. The zero-order valence-corrected chi connectivity index (χ0v) is 18.5. The Labute approximate surface area is 196 Å². The predicted octanol–water partition coefficient (Wildman–Crippen LogP) is 1.63. The van der Waals surface area contributed by atoms with Crippen molar-refractivity contribution < 1.29 is 28.2 Å². The van der Waals surface area contributed by atoms with Crippen LogP contribution in [-0.4, -0.2) is 39.1 Å². The molecule has 0 aliphatic carbocycles. The van der Waals surface area contributed by atoms with Crippen LogP contribution in [0.3, 0.4) is 0 Å². The molecule has 178 valence electrons. The maximum atomic E-state index is 13.8. The average Bonchev–Trinajstić information content (AvgIpc) is 2.79. The van der Waals surface area contributed by atoms with Crippen LogP contribution >= 0.6 is 11.6 Å². The molecule has 3 rings (SSSR count). The van der Waals surface area contributed by atoms with E-state index in [1.807, 2.05) is 0 Å². The summed E-state index contributed by atoms with van der Waals surface area (Å²) in [5, 5.41) is 11.1. The molecule has 0 saturated carbocycles. The largest absolute Gasteiger partial charge is 0.471 e. The summed E-state index contributed by atoms with van der Waals surface area (Å²) in [6.45, 7) is 0.657. The lowest BCUT2D eigenvalue weighted by Crippen LogP contribution is -2.46. The Morgan fingerprint density at radius 2 is 2.00 bits per heavy atom. The summed E-state index contributed by atoms with van der Waals surface area (Å²) in [5.74, 6) is -3.44. The minimum absolute atomic E-state index is 0.0372. The molecular formula is C22H19ClF2N4O5. The Balaban J connectivity index is 1.88. The number of carbonyl (C=O) groups is 2. The van der Waals surface area contributed by atoms with Crippen LogP contribution in [0.5, 0.6) is 5.88 Å². The Morgan fingerprint density at radius 1 is 1.26 bits per heavy atom. The molecule has 1 heterocycles. The van der Waals surface area contributed by atoms with Crippen molar-refractivity contribution in [1.29, 1.82) is 0 Å². The molecule has 1 atom stereocenters. The van der Waals surface area contributed by atoms with E-state index in [1.165, 1.54) is 18.2 Å². The van der Waals surface area contributed by atoms with Gasteiger partial charge in [-0.2, -0.15) is 0 Å². The smallest absolute Gasteiger partial charge is 0.280 e. The molecule has 12 heteroatoms. The number of aryl methyl sites for hydroxylation is 1. The van der Waals surface area contributed by atoms with E-state index in [-0.39, 0.29) is 29.3 Å². The number of hydrogen-bond donors (Lipinski definition) is 3. The number of primary amides is 1. The molecule has 1 unspecified atom stereocenters. The second-order valence-electron chi connectivity index (χ2n) is 7.18. The summed E-state index contributed by atoms with van der Waals surface area (Å²) in [4.78, 5) is 40.6. The van der Waals surface area contributed by atoms with E-state index in [0.29, 0.717) is 11.6 Å². The number of carbonyl (C=O) groups excluding carboxylic acids is 2. The predicted molar refractivity (Wildman–Crippen MR) is 118 cm³/mol. The van der Waals surface area contributed by atoms with Gasteiger partial charge in [0.15, 0.2) is 5.02 Å². The van der Waals surface area contributed by atoms with Gasteiger partial charge in [-0.05, 0) is 36.8 Å². The minimum atomic E-state index is -1.28. The normalized spacial score (nSPS) is 11.7. The average molecular weight is 493 g/mol. The first-order valence-corrected chi connectivity index (χ1v) is 10.2. The minimum Gasteiger partial charge on any atom is -0.471 e. The molecule has 4 N–H and O–H groups in total. The molecule has 1 aromatic heterocycles. The van der Waals surface area contributed by atoms with Crippen molar-refractivity contribution in [3.63, 3.8) is 0 Å². The van der Waals surface area contributed by atoms with E-state index >= 15 is 0 Å². The van der Waals surface area contributed by atoms with E-state index in [9.17, 15) is 28.3 Å². The number of amides is 2. The highest BCUT2D eigenvalue weighted by Crippen LogP contribution is 2.22. The zero-order chi connectivity index (χ0) is 25.0. The summed E-state index contributed by atoms with van der Waals surface area (Å²) >= 11 is 6.12. The van der Waals surface area contributed by atoms with Gasteiger partial charge in [-0.1, -0.05) is 17.7 Å². The first kappa shape index (κ1) is 24.8. The molecule has 3 aromatic rings. The number of hydrogen-bond acceptors (Lipinski definition) is 6. The Bertz CT molecular complexity index is 1310. The Hall–Kier alpha value is -3.83. The number of rotatable bonds is 8. The van der Waals surface area contributed by atoms with Gasteiger partial charge >= 0.3 is 0 Å². The molecule has 0 bridgehead atoms. The van der Waals surface area contributed by atoms with Gasteiger partial charge in [-0.25, -0.2) is 13.8 Å². The molecule has 0 aliphatic rings. The van der Waals surface area contributed by atoms with Gasteiger partial charge < -0.3 is 20.9 Å². The third kappa shape index (κ3) is 5.38. The monoisotopic (exact) mass is 492 g/mol. The number of nitrogens with one attached hydrogen (secondary N) is 1. The Kier molecular flexibility index (Phi) is 7.59. The fourth-order valence-electron chi connectivity index (χ4n) is 2.93. The van der Waals surface area contributed by atoms with E-state index in [2.05, 4.69) is 10.3 Å². The summed E-state index contributed by atoms with van der Waals surface area (Å²) in [7, 11) is 0. The molecular weight excluding hydrogens is 474 g/mol. The molecule has 0 saturated heterocycles. The highest BCUT2D eigenvalue weighted by atomic mass is 35.5. The zero-order valence-electron chi connectivity index (χ0n) is 17.7. The third-order valence-corrected chi connectivity index (χ3v) is 5.15. The quantitative estimate of drug-likeness (QED) is 0.437. The summed E-state index contributed by atoms with van der Waals surface area (Å²) < 4.78 is 33.3. The Morgan fingerprint density at radius 3 is 2.65 bits per heavy atom.